The van der Waals surface area contributed by atoms with Crippen LogP contribution in [0.15, 0.2) is 86.0 Å². The lowest BCUT2D eigenvalue weighted by atomic mass is 9.94. The number of nitrogens with one attached hydrogen (secondary N) is 2. The van der Waals surface area contributed by atoms with E-state index in [1.807, 2.05) is 66.7 Å². The molecular formula is C34H46N2O6. The van der Waals surface area contributed by atoms with Crippen LogP contribution in [0.5, 0.6) is 0 Å². The van der Waals surface area contributed by atoms with Gasteiger partial charge in [-0.05, 0) is 50.2 Å². The molecule has 3 N–H and O–H groups in total. The molecule has 2 aromatic rings. The molecule has 2 amide bonds. The fourth-order valence-corrected chi connectivity index (χ4v) is 4.44. The Morgan fingerprint density at radius 3 is 2.19 bits per heavy atom. The second-order valence-electron chi connectivity index (χ2n) is 10.5. The second kappa shape index (κ2) is 20.2. The average Bonchev–Trinajstić information content (AvgIpc) is 2.99. The molecule has 8 nitrogen and oxygen atoms in total. The van der Waals surface area contributed by atoms with Crippen LogP contribution in [0.1, 0.15) is 50.2 Å². The Balaban J connectivity index is 2.09. The highest BCUT2D eigenvalue weighted by Gasteiger charge is 2.26. The minimum Gasteiger partial charge on any atom is -0.463 e. The number of aliphatic hydroxyl groups excluding tert-OH is 1. The summed E-state index contributed by atoms with van der Waals surface area (Å²) in [7, 11) is 0. The van der Waals surface area contributed by atoms with Crippen molar-refractivity contribution in [2.45, 2.75) is 64.1 Å². The van der Waals surface area contributed by atoms with E-state index in [1.165, 1.54) is 0 Å². The average molecular weight is 579 g/mol. The summed E-state index contributed by atoms with van der Waals surface area (Å²) in [5.74, 6) is -2.04. The first-order valence-corrected chi connectivity index (χ1v) is 14.6. The number of hydrogen-bond donors (Lipinski definition) is 3. The summed E-state index contributed by atoms with van der Waals surface area (Å²) >= 11 is 0. The summed E-state index contributed by atoms with van der Waals surface area (Å²) in [5, 5.41) is 14.8. The van der Waals surface area contributed by atoms with Gasteiger partial charge in [-0.3, -0.25) is 14.4 Å². The van der Waals surface area contributed by atoms with E-state index in [-0.39, 0.29) is 56.4 Å². The smallest absolute Gasteiger partial charge is 0.309 e. The number of carbonyl (C=O) groups excluding carboxylic acids is 3. The van der Waals surface area contributed by atoms with Crippen LogP contribution in [0.3, 0.4) is 0 Å². The number of hydrogen-bond acceptors (Lipinski definition) is 6. The number of ether oxygens (including phenoxy) is 2. The molecule has 2 aromatic carbocycles. The number of amides is 2. The maximum atomic E-state index is 13.3. The summed E-state index contributed by atoms with van der Waals surface area (Å²) < 4.78 is 11.7. The Hall–Kier alpha value is -3.75. The molecule has 4 atom stereocenters. The van der Waals surface area contributed by atoms with E-state index in [0.29, 0.717) is 19.4 Å². The van der Waals surface area contributed by atoms with E-state index in [2.05, 4.69) is 23.8 Å². The maximum Gasteiger partial charge on any atom is 0.309 e. The van der Waals surface area contributed by atoms with Crippen molar-refractivity contribution >= 4 is 17.8 Å². The first-order valence-electron chi connectivity index (χ1n) is 14.6. The van der Waals surface area contributed by atoms with Gasteiger partial charge in [0.05, 0.1) is 37.7 Å². The van der Waals surface area contributed by atoms with E-state index in [4.69, 9.17) is 9.47 Å². The zero-order chi connectivity index (χ0) is 30.6. The summed E-state index contributed by atoms with van der Waals surface area (Å²) in [6.45, 7) is 9.35. The van der Waals surface area contributed by atoms with Gasteiger partial charge in [0.2, 0.25) is 11.8 Å². The molecule has 0 spiro atoms. The molecule has 0 saturated heterocycles. The van der Waals surface area contributed by atoms with Crippen LogP contribution in [-0.4, -0.2) is 54.8 Å². The molecular weight excluding hydrogens is 532 g/mol. The molecule has 0 fully saturated rings. The molecule has 0 aromatic heterocycles. The molecule has 2 rings (SSSR count). The van der Waals surface area contributed by atoms with Crippen LogP contribution in [0, 0.1) is 11.8 Å². The number of esters is 1. The number of allylic oxidation sites excluding steroid dienone is 2. The molecule has 0 bridgehead atoms. The van der Waals surface area contributed by atoms with Crippen molar-refractivity contribution in [3.63, 3.8) is 0 Å². The van der Waals surface area contributed by atoms with Crippen molar-refractivity contribution < 1.29 is 29.0 Å². The van der Waals surface area contributed by atoms with Gasteiger partial charge >= 0.3 is 5.97 Å². The van der Waals surface area contributed by atoms with Crippen LogP contribution in [-0.2, 0) is 36.9 Å². The Labute approximate surface area is 250 Å². The first-order chi connectivity index (χ1) is 20.4. The van der Waals surface area contributed by atoms with Gasteiger partial charge in [-0.1, -0.05) is 72.8 Å². The normalized spacial score (nSPS) is 13.7. The van der Waals surface area contributed by atoms with E-state index in [0.717, 1.165) is 24.0 Å². The van der Waals surface area contributed by atoms with Crippen molar-refractivity contribution in [1.82, 2.24) is 10.6 Å². The third-order valence-electron chi connectivity index (χ3n) is 6.76. The Kier molecular flexibility index (Phi) is 16.6. The maximum absolute atomic E-state index is 13.3. The third kappa shape index (κ3) is 13.7. The lowest BCUT2D eigenvalue weighted by molar-refractivity contribution is -0.150. The molecule has 0 heterocycles. The monoisotopic (exact) mass is 578 g/mol. The van der Waals surface area contributed by atoms with Crippen molar-refractivity contribution in [2.24, 2.45) is 11.8 Å². The van der Waals surface area contributed by atoms with Crippen molar-refractivity contribution in [2.75, 3.05) is 19.8 Å². The lowest BCUT2D eigenvalue weighted by Crippen LogP contribution is -2.46. The topological polar surface area (TPSA) is 114 Å². The van der Waals surface area contributed by atoms with E-state index < -0.39 is 18.0 Å². The molecule has 0 aliphatic heterocycles. The van der Waals surface area contributed by atoms with Gasteiger partial charge < -0.3 is 25.2 Å². The second-order valence-corrected chi connectivity index (χ2v) is 10.5. The fourth-order valence-electron chi connectivity index (χ4n) is 4.44. The minimum absolute atomic E-state index is 0.0674. The predicted octanol–water partition coefficient (Wildman–Crippen LogP) is 4.53. The van der Waals surface area contributed by atoms with Gasteiger partial charge in [0.15, 0.2) is 0 Å². The Morgan fingerprint density at radius 1 is 0.905 bits per heavy atom. The highest BCUT2D eigenvalue weighted by Crippen LogP contribution is 2.18. The van der Waals surface area contributed by atoms with Crippen LogP contribution < -0.4 is 10.6 Å². The SMILES string of the molecule is C=CCCC[C@H](Cc1ccccc1)C(=O)OC[C@H](COCc1ccccc1)NC(=O)[C@H](CC=C)CC(=O)N[C@H](C)CO. The molecule has 0 aliphatic rings. The number of rotatable bonds is 21. The molecule has 0 unspecified atom stereocenters. The van der Waals surface area contributed by atoms with Gasteiger partial charge in [-0.2, -0.15) is 0 Å². The van der Waals surface area contributed by atoms with E-state index in [1.54, 1.807) is 13.0 Å². The van der Waals surface area contributed by atoms with Crippen LogP contribution in [0.2, 0.25) is 0 Å². The largest absolute Gasteiger partial charge is 0.463 e. The highest BCUT2D eigenvalue weighted by atomic mass is 16.5. The minimum atomic E-state index is -0.676. The quantitative estimate of drug-likeness (QED) is 0.114. The molecule has 0 saturated carbocycles. The molecule has 0 radical (unpaired) electrons. The van der Waals surface area contributed by atoms with Crippen molar-refractivity contribution in [1.29, 1.82) is 0 Å². The number of benzene rings is 2. The van der Waals surface area contributed by atoms with Crippen molar-refractivity contribution in [3.05, 3.63) is 97.1 Å². The Morgan fingerprint density at radius 2 is 1.57 bits per heavy atom. The van der Waals surface area contributed by atoms with E-state index >= 15 is 0 Å². The van der Waals surface area contributed by atoms with Gasteiger partial charge in [-0.25, -0.2) is 0 Å². The summed E-state index contributed by atoms with van der Waals surface area (Å²) in [6, 6.07) is 18.4. The fraction of sp³-hybridized carbons (Fsp3) is 0.441. The summed E-state index contributed by atoms with van der Waals surface area (Å²) in [5.41, 5.74) is 2.03. The van der Waals surface area contributed by atoms with Crippen LogP contribution in [0.4, 0.5) is 0 Å². The first kappa shape index (κ1) is 34.5. The summed E-state index contributed by atoms with van der Waals surface area (Å²) in [6.07, 6.45) is 6.48. The number of aliphatic hydroxyl groups is 1. The lowest BCUT2D eigenvalue weighted by Gasteiger charge is -2.24. The van der Waals surface area contributed by atoms with Crippen molar-refractivity contribution in [3.8, 4) is 0 Å². The predicted molar refractivity (Wildman–Crippen MR) is 164 cm³/mol. The zero-order valence-corrected chi connectivity index (χ0v) is 24.7. The third-order valence-corrected chi connectivity index (χ3v) is 6.76. The van der Waals surface area contributed by atoms with Crippen LogP contribution in [0.25, 0.3) is 0 Å². The highest BCUT2D eigenvalue weighted by molar-refractivity contribution is 5.86. The number of unbranched alkanes of at least 4 members (excludes halogenated alkanes) is 1. The summed E-state index contributed by atoms with van der Waals surface area (Å²) in [4.78, 5) is 38.9. The van der Waals surface area contributed by atoms with Gasteiger partial charge in [0.25, 0.3) is 0 Å². The van der Waals surface area contributed by atoms with Gasteiger partial charge in [0.1, 0.15) is 6.61 Å². The van der Waals surface area contributed by atoms with Gasteiger partial charge in [0, 0.05) is 12.5 Å². The number of carbonyl (C=O) groups is 3. The molecule has 0 aliphatic carbocycles. The van der Waals surface area contributed by atoms with Gasteiger partial charge in [-0.15, -0.1) is 13.2 Å². The zero-order valence-electron chi connectivity index (χ0n) is 24.7. The Bertz CT molecular complexity index is 1090. The molecule has 228 valence electrons. The molecule has 8 heteroatoms. The molecule has 42 heavy (non-hydrogen) atoms. The van der Waals surface area contributed by atoms with E-state index in [9.17, 15) is 19.5 Å². The van der Waals surface area contributed by atoms with Crippen LogP contribution >= 0.6 is 0 Å². The standard InChI is InChI=1S/C34H46N2O6/c1-4-6-9-19-30(20-27-15-10-7-11-16-27)34(40)42-25-31(24-41-23-28-17-12-8-13-18-28)36-33(39)29(14-5-2)21-32(38)35-26(3)22-37/h4-5,7-8,10-13,15-18,26,29-31,37H,1-2,6,9,14,19-25H2,3H3,(H,35,38)(H,36,39)/t26-,29-,30-,31+/m1/s1.